The zero-order chi connectivity index (χ0) is 8.55. The molecule has 0 aromatic rings. The minimum atomic E-state index is 0.926. The number of nitrogens with zero attached hydrogens (tertiary/aromatic N) is 1. The van der Waals surface area contributed by atoms with E-state index >= 15 is 0 Å². The average Bonchev–Trinajstić information content (AvgIpc) is 2.04. The summed E-state index contributed by atoms with van der Waals surface area (Å²) in [5.41, 5.74) is 1.67. The highest BCUT2D eigenvalue weighted by Gasteiger charge is 2.29. The van der Waals surface area contributed by atoms with Crippen molar-refractivity contribution in [1.82, 2.24) is 4.90 Å². The van der Waals surface area contributed by atoms with Crippen LogP contribution in [-0.2, 0) is 0 Å². The summed E-state index contributed by atoms with van der Waals surface area (Å²) in [5.74, 6) is 1.89. The van der Waals surface area contributed by atoms with Gasteiger partial charge < -0.3 is 4.90 Å². The standard InChI is InChI=1S/C11H19N/c1-9-4-3-5-10-8-12(2)7-6-11(9)10/h4,10-11H,3,5-8H2,1-2H3. The molecule has 0 spiro atoms. The van der Waals surface area contributed by atoms with Gasteiger partial charge in [-0.1, -0.05) is 11.6 Å². The predicted molar refractivity (Wildman–Crippen MR) is 52.1 cm³/mol. The van der Waals surface area contributed by atoms with Gasteiger partial charge in [-0.2, -0.15) is 0 Å². The molecule has 0 aromatic carbocycles. The maximum atomic E-state index is 2.49. The van der Waals surface area contributed by atoms with E-state index < -0.39 is 0 Å². The highest BCUT2D eigenvalue weighted by Crippen LogP contribution is 2.35. The topological polar surface area (TPSA) is 3.24 Å². The van der Waals surface area contributed by atoms with Crippen LogP contribution in [-0.4, -0.2) is 25.0 Å². The lowest BCUT2D eigenvalue weighted by Crippen LogP contribution is -2.39. The lowest BCUT2D eigenvalue weighted by Gasteiger charge is -2.39. The van der Waals surface area contributed by atoms with Gasteiger partial charge in [0.15, 0.2) is 0 Å². The second-order valence-corrected chi connectivity index (χ2v) is 4.44. The van der Waals surface area contributed by atoms with Crippen molar-refractivity contribution in [2.75, 3.05) is 20.1 Å². The van der Waals surface area contributed by atoms with Crippen molar-refractivity contribution in [3.8, 4) is 0 Å². The predicted octanol–water partition coefficient (Wildman–Crippen LogP) is 2.29. The Labute approximate surface area is 75.4 Å². The maximum absolute atomic E-state index is 2.49. The lowest BCUT2D eigenvalue weighted by atomic mass is 9.75. The molecule has 68 valence electrons. The van der Waals surface area contributed by atoms with Crippen LogP contribution in [0.5, 0.6) is 0 Å². The van der Waals surface area contributed by atoms with Crippen LogP contribution in [0.1, 0.15) is 26.2 Å². The van der Waals surface area contributed by atoms with Crippen molar-refractivity contribution in [2.45, 2.75) is 26.2 Å². The number of piperidine rings is 1. The van der Waals surface area contributed by atoms with Gasteiger partial charge in [-0.25, -0.2) is 0 Å². The molecule has 1 heterocycles. The van der Waals surface area contributed by atoms with Crippen molar-refractivity contribution in [1.29, 1.82) is 0 Å². The largest absolute Gasteiger partial charge is 0.306 e. The van der Waals surface area contributed by atoms with Crippen molar-refractivity contribution < 1.29 is 0 Å². The molecule has 2 rings (SSSR count). The van der Waals surface area contributed by atoms with Gasteiger partial charge in [0.2, 0.25) is 0 Å². The molecule has 0 saturated carbocycles. The third-order valence-corrected chi connectivity index (χ3v) is 3.53. The first-order valence-electron chi connectivity index (χ1n) is 5.12. The summed E-state index contributed by atoms with van der Waals surface area (Å²) in [7, 11) is 2.25. The Bertz CT molecular complexity index is 195. The molecular formula is C11H19N. The van der Waals surface area contributed by atoms with E-state index in [1.165, 1.54) is 32.4 Å². The smallest absolute Gasteiger partial charge is 0.00125 e. The van der Waals surface area contributed by atoms with Gasteiger partial charge in [0, 0.05) is 6.54 Å². The summed E-state index contributed by atoms with van der Waals surface area (Å²) in [6.07, 6.45) is 6.59. The normalized spacial score (nSPS) is 37.3. The lowest BCUT2D eigenvalue weighted by molar-refractivity contribution is 0.150. The second kappa shape index (κ2) is 3.21. The fourth-order valence-electron chi connectivity index (χ4n) is 2.78. The zero-order valence-corrected chi connectivity index (χ0v) is 8.21. The third-order valence-electron chi connectivity index (χ3n) is 3.53. The van der Waals surface area contributed by atoms with Crippen LogP contribution < -0.4 is 0 Å². The molecule has 1 aliphatic carbocycles. The van der Waals surface area contributed by atoms with Gasteiger partial charge >= 0.3 is 0 Å². The number of fused-ring (bicyclic) bond motifs is 1. The Balaban J connectivity index is 2.08. The Hall–Kier alpha value is -0.300. The van der Waals surface area contributed by atoms with Gasteiger partial charge in [0.1, 0.15) is 0 Å². The van der Waals surface area contributed by atoms with Gasteiger partial charge in [0.25, 0.3) is 0 Å². The number of allylic oxidation sites excluding steroid dienone is 2. The van der Waals surface area contributed by atoms with Crippen LogP contribution in [0, 0.1) is 11.8 Å². The van der Waals surface area contributed by atoms with E-state index in [9.17, 15) is 0 Å². The fourth-order valence-corrected chi connectivity index (χ4v) is 2.78. The molecule has 1 nitrogen and oxygen atoms in total. The molecule has 0 radical (unpaired) electrons. The van der Waals surface area contributed by atoms with Crippen LogP contribution in [0.25, 0.3) is 0 Å². The summed E-state index contributed by atoms with van der Waals surface area (Å²) in [5, 5.41) is 0. The van der Waals surface area contributed by atoms with Gasteiger partial charge in [-0.3, -0.25) is 0 Å². The molecule has 1 fully saturated rings. The van der Waals surface area contributed by atoms with E-state index in [-0.39, 0.29) is 0 Å². The third kappa shape index (κ3) is 1.42. The van der Waals surface area contributed by atoms with E-state index in [0.29, 0.717) is 0 Å². The first kappa shape index (κ1) is 8.31. The number of likely N-dealkylation sites (tertiary alicyclic amines) is 1. The number of hydrogen-bond acceptors (Lipinski definition) is 1. The van der Waals surface area contributed by atoms with E-state index in [4.69, 9.17) is 0 Å². The quantitative estimate of drug-likeness (QED) is 0.498. The summed E-state index contributed by atoms with van der Waals surface area (Å²) in [4.78, 5) is 2.49. The van der Waals surface area contributed by atoms with Crippen molar-refractivity contribution in [3.05, 3.63) is 11.6 Å². The number of hydrogen-bond donors (Lipinski definition) is 0. The summed E-state index contributed by atoms with van der Waals surface area (Å²) in [6.45, 7) is 4.95. The molecule has 1 saturated heterocycles. The van der Waals surface area contributed by atoms with E-state index in [2.05, 4.69) is 24.9 Å². The minimum Gasteiger partial charge on any atom is -0.306 e. The maximum Gasteiger partial charge on any atom is 0.00125 e. The number of rotatable bonds is 0. The Morgan fingerprint density at radius 1 is 1.42 bits per heavy atom. The summed E-state index contributed by atoms with van der Waals surface area (Å²) >= 11 is 0. The molecule has 2 unspecified atom stereocenters. The molecule has 0 bridgehead atoms. The van der Waals surface area contributed by atoms with Gasteiger partial charge in [0.05, 0.1) is 0 Å². The highest BCUT2D eigenvalue weighted by atomic mass is 15.1. The SMILES string of the molecule is CC1=CCCC2CN(C)CCC12. The highest BCUT2D eigenvalue weighted by molar-refractivity contribution is 5.10. The monoisotopic (exact) mass is 165 g/mol. The van der Waals surface area contributed by atoms with Crippen LogP contribution in [0.2, 0.25) is 0 Å². The Morgan fingerprint density at radius 3 is 3.08 bits per heavy atom. The van der Waals surface area contributed by atoms with Gasteiger partial charge in [-0.05, 0) is 51.6 Å². The first-order chi connectivity index (χ1) is 5.77. The molecule has 0 aromatic heterocycles. The minimum absolute atomic E-state index is 0.926. The molecule has 2 aliphatic rings. The van der Waals surface area contributed by atoms with E-state index in [1.54, 1.807) is 5.57 Å². The van der Waals surface area contributed by atoms with E-state index in [0.717, 1.165) is 11.8 Å². The van der Waals surface area contributed by atoms with Crippen molar-refractivity contribution in [2.24, 2.45) is 11.8 Å². The Kier molecular flexibility index (Phi) is 2.22. The van der Waals surface area contributed by atoms with E-state index in [1.807, 2.05) is 0 Å². The second-order valence-electron chi connectivity index (χ2n) is 4.44. The van der Waals surface area contributed by atoms with Gasteiger partial charge in [-0.15, -0.1) is 0 Å². The van der Waals surface area contributed by atoms with Crippen LogP contribution in [0.15, 0.2) is 11.6 Å². The molecule has 0 amide bonds. The molecule has 1 aliphatic heterocycles. The summed E-state index contributed by atoms with van der Waals surface area (Å²) in [6, 6.07) is 0. The van der Waals surface area contributed by atoms with Crippen molar-refractivity contribution >= 4 is 0 Å². The molecule has 0 N–H and O–H groups in total. The molecule has 12 heavy (non-hydrogen) atoms. The average molecular weight is 165 g/mol. The first-order valence-corrected chi connectivity index (χ1v) is 5.12. The molecule has 2 atom stereocenters. The van der Waals surface area contributed by atoms with Crippen LogP contribution >= 0.6 is 0 Å². The van der Waals surface area contributed by atoms with Crippen LogP contribution in [0.3, 0.4) is 0 Å². The zero-order valence-electron chi connectivity index (χ0n) is 8.21. The van der Waals surface area contributed by atoms with Crippen molar-refractivity contribution in [3.63, 3.8) is 0 Å². The summed E-state index contributed by atoms with van der Waals surface area (Å²) < 4.78 is 0. The molecule has 1 heteroatoms. The fraction of sp³-hybridized carbons (Fsp3) is 0.818. The molecular weight excluding hydrogens is 146 g/mol. The Morgan fingerprint density at radius 2 is 2.25 bits per heavy atom. The van der Waals surface area contributed by atoms with Crippen LogP contribution in [0.4, 0.5) is 0 Å².